The zero-order chi connectivity index (χ0) is 22.6. The lowest BCUT2D eigenvalue weighted by atomic mass is 10.0. The van der Waals surface area contributed by atoms with Gasteiger partial charge in [-0.05, 0) is 37.1 Å². The third kappa shape index (κ3) is 4.64. The van der Waals surface area contributed by atoms with Crippen LogP contribution in [0.3, 0.4) is 0 Å². The lowest BCUT2D eigenvalue weighted by molar-refractivity contribution is 0.178. The molecule has 0 N–H and O–H groups in total. The van der Waals surface area contributed by atoms with Crippen molar-refractivity contribution in [2.45, 2.75) is 25.5 Å². The summed E-state index contributed by atoms with van der Waals surface area (Å²) in [6.45, 7) is 3.71. The van der Waals surface area contributed by atoms with Gasteiger partial charge in [0, 0.05) is 31.6 Å². The summed E-state index contributed by atoms with van der Waals surface area (Å²) in [6.07, 6.45) is 2.56. The maximum Gasteiger partial charge on any atom is 0.158 e. The summed E-state index contributed by atoms with van der Waals surface area (Å²) in [4.78, 5) is 15.8. The van der Waals surface area contributed by atoms with E-state index >= 15 is 0 Å². The SMILES string of the molecule is COCc1nc(N(C)[C@H](CN2CCCC2)c2ccccc2)c2c(-c3ccccc3)csc2n1. The average molecular weight is 459 g/mol. The quantitative estimate of drug-likeness (QED) is 0.335. The number of nitrogens with zero attached hydrogens (tertiary/aromatic N) is 4. The molecule has 1 fully saturated rings. The molecule has 1 aliphatic heterocycles. The van der Waals surface area contributed by atoms with E-state index in [1.807, 2.05) is 0 Å². The number of ether oxygens (including phenoxy) is 1. The van der Waals surface area contributed by atoms with E-state index < -0.39 is 0 Å². The van der Waals surface area contributed by atoms with Gasteiger partial charge in [-0.15, -0.1) is 11.3 Å². The number of hydrogen-bond acceptors (Lipinski definition) is 6. The van der Waals surface area contributed by atoms with Gasteiger partial charge in [-0.2, -0.15) is 0 Å². The number of aromatic nitrogens is 2. The molecule has 6 heteroatoms. The van der Waals surface area contributed by atoms with Crippen LogP contribution in [-0.4, -0.2) is 48.7 Å². The smallest absolute Gasteiger partial charge is 0.158 e. The Morgan fingerprint density at radius 2 is 1.70 bits per heavy atom. The highest BCUT2D eigenvalue weighted by Gasteiger charge is 2.26. The number of methoxy groups -OCH3 is 1. The molecule has 3 heterocycles. The summed E-state index contributed by atoms with van der Waals surface area (Å²) in [6, 6.07) is 21.6. The topological polar surface area (TPSA) is 41.5 Å². The second kappa shape index (κ2) is 10.00. The first-order valence-corrected chi connectivity index (χ1v) is 12.4. The van der Waals surface area contributed by atoms with Crippen molar-refractivity contribution in [3.8, 4) is 11.1 Å². The lowest BCUT2D eigenvalue weighted by Crippen LogP contribution is -2.35. The van der Waals surface area contributed by atoms with Crippen LogP contribution in [0.1, 0.15) is 30.3 Å². The summed E-state index contributed by atoms with van der Waals surface area (Å²) in [5.41, 5.74) is 3.69. The first kappa shape index (κ1) is 22.0. The van der Waals surface area contributed by atoms with Crippen LogP contribution in [0.25, 0.3) is 21.3 Å². The van der Waals surface area contributed by atoms with Gasteiger partial charge in [0.05, 0.1) is 11.4 Å². The number of anilines is 1. The van der Waals surface area contributed by atoms with Gasteiger partial charge in [-0.1, -0.05) is 60.7 Å². The molecule has 170 valence electrons. The van der Waals surface area contributed by atoms with Crippen molar-refractivity contribution in [3.05, 3.63) is 77.4 Å². The largest absolute Gasteiger partial charge is 0.377 e. The number of hydrogen-bond donors (Lipinski definition) is 0. The summed E-state index contributed by atoms with van der Waals surface area (Å²) in [7, 11) is 3.87. The van der Waals surface area contributed by atoms with Crippen LogP contribution in [0.2, 0.25) is 0 Å². The Morgan fingerprint density at radius 3 is 2.39 bits per heavy atom. The average Bonchev–Trinajstić information content (AvgIpc) is 3.53. The van der Waals surface area contributed by atoms with Gasteiger partial charge in [0.25, 0.3) is 0 Å². The van der Waals surface area contributed by atoms with Gasteiger partial charge in [0.2, 0.25) is 0 Å². The first-order chi connectivity index (χ1) is 16.2. The van der Waals surface area contributed by atoms with Crippen molar-refractivity contribution in [2.75, 3.05) is 38.7 Å². The molecule has 5 rings (SSSR count). The molecule has 1 aliphatic rings. The van der Waals surface area contributed by atoms with Crippen LogP contribution in [0.4, 0.5) is 5.82 Å². The lowest BCUT2D eigenvalue weighted by Gasteiger charge is -2.33. The molecule has 0 bridgehead atoms. The van der Waals surface area contributed by atoms with Crippen LogP contribution in [0.15, 0.2) is 66.0 Å². The van der Waals surface area contributed by atoms with E-state index in [2.05, 4.69) is 82.9 Å². The number of likely N-dealkylation sites (tertiary alicyclic amines) is 1. The van der Waals surface area contributed by atoms with E-state index in [1.54, 1.807) is 18.4 Å². The minimum absolute atomic E-state index is 0.196. The minimum atomic E-state index is 0.196. The fraction of sp³-hybridized carbons (Fsp3) is 0.333. The molecule has 0 radical (unpaired) electrons. The van der Waals surface area contributed by atoms with Crippen LogP contribution in [-0.2, 0) is 11.3 Å². The van der Waals surface area contributed by atoms with E-state index in [-0.39, 0.29) is 6.04 Å². The van der Waals surface area contributed by atoms with E-state index in [9.17, 15) is 0 Å². The Morgan fingerprint density at radius 1 is 1.00 bits per heavy atom. The second-order valence-corrected chi connectivity index (χ2v) is 9.50. The third-order valence-corrected chi connectivity index (χ3v) is 7.31. The predicted octanol–water partition coefficient (Wildman–Crippen LogP) is 5.78. The van der Waals surface area contributed by atoms with E-state index in [4.69, 9.17) is 14.7 Å². The highest BCUT2D eigenvalue weighted by Crippen LogP contribution is 2.40. The predicted molar refractivity (Wildman–Crippen MR) is 137 cm³/mol. The van der Waals surface area contributed by atoms with Gasteiger partial charge in [0.1, 0.15) is 17.3 Å². The van der Waals surface area contributed by atoms with Crippen LogP contribution in [0, 0.1) is 0 Å². The Bertz CT molecular complexity index is 1190. The number of likely N-dealkylation sites (N-methyl/N-ethyl adjacent to an activating group) is 1. The normalized spacial score (nSPS) is 15.2. The Balaban J connectivity index is 1.64. The third-order valence-electron chi connectivity index (χ3n) is 6.43. The van der Waals surface area contributed by atoms with E-state index in [1.165, 1.54) is 42.6 Å². The summed E-state index contributed by atoms with van der Waals surface area (Å²) < 4.78 is 5.41. The standard InChI is InChI=1S/C27H30N4OS/c1-30(23(17-31-15-9-10-16-31)21-13-7-4-8-14-21)26-25-22(20-11-5-3-6-12-20)19-33-27(25)29-24(28-26)18-32-2/h3-8,11-14,19,23H,9-10,15-18H2,1-2H3/t23-/m1/s1. The van der Waals surface area contributed by atoms with Gasteiger partial charge < -0.3 is 14.5 Å². The van der Waals surface area contributed by atoms with Gasteiger partial charge in [0.15, 0.2) is 5.82 Å². The van der Waals surface area contributed by atoms with Crippen LogP contribution < -0.4 is 4.90 Å². The summed E-state index contributed by atoms with van der Waals surface area (Å²) in [5.74, 6) is 1.70. The molecule has 2 aromatic heterocycles. The number of thiophene rings is 1. The van der Waals surface area contributed by atoms with Crippen molar-refractivity contribution in [3.63, 3.8) is 0 Å². The first-order valence-electron chi connectivity index (χ1n) is 11.6. The molecule has 0 spiro atoms. The van der Waals surface area contributed by atoms with Gasteiger partial charge >= 0.3 is 0 Å². The molecule has 0 aliphatic carbocycles. The van der Waals surface area contributed by atoms with E-state index in [0.717, 1.165) is 28.4 Å². The number of benzene rings is 2. The molecule has 0 unspecified atom stereocenters. The number of rotatable bonds is 8. The molecule has 1 atom stereocenters. The fourth-order valence-electron chi connectivity index (χ4n) is 4.73. The van der Waals surface area contributed by atoms with E-state index in [0.29, 0.717) is 6.61 Å². The Labute approximate surface area is 199 Å². The molecule has 5 nitrogen and oxygen atoms in total. The van der Waals surface area contributed by atoms with Crippen molar-refractivity contribution < 1.29 is 4.74 Å². The van der Waals surface area contributed by atoms with Crippen LogP contribution in [0.5, 0.6) is 0 Å². The molecular weight excluding hydrogens is 428 g/mol. The summed E-state index contributed by atoms with van der Waals surface area (Å²) >= 11 is 1.68. The molecule has 4 aromatic rings. The maximum atomic E-state index is 5.41. The highest BCUT2D eigenvalue weighted by molar-refractivity contribution is 7.17. The molecule has 0 saturated carbocycles. The molecule has 1 saturated heterocycles. The zero-order valence-electron chi connectivity index (χ0n) is 19.3. The second-order valence-electron chi connectivity index (χ2n) is 8.64. The van der Waals surface area contributed by atoms with Crippen molar-refractivity contribution in [1.29, 1.82) is 0 Å². The molecule has 0 amide bonds. The fourth-order valence-corrected chi connectivity index (χ4v) is 5.69. The monoisotopic (exact) mass is 458 g/mol. The zero-order valence-corrected chi connectivity index (χ0v) is 20.1. The van der Waals surface area contributed by atoms with Crippen molar-refractivity contribution in [1.82, 2.24) is 14.9 Å². The van der Waals surface area contributed by atoms with Crippen LogP contribution >= 0.6 is 11.3 Å². The molecular formula is C27H30N4OS. The van der Waals surface area contributed by atoms with Crippen molar-refractivity contribution >= 4 is 27.4 Å². The minimum Gasteiger partial charge on any atom is -0.377 e. The van der Waals surface area contributed by atoms with Gasteiger partial charge in [-0.25, -0.2) is 9.97 Å². The summed E-state index contributed by atoms with van der Waals surface area (Å²) in [5, 5.41) is 3.33. The Kier molecular flexibility index (Phi) is 6.67. The highest BCUT2D eigenvalue weighted by atomic mass is 32.1. The molecule has 33 heavy (non-hydrogen) atoms. The van der Waals surface area contributed by atoms with Gasteiger partial charge in [-0.3, -0.25) is 0 Å². The molecule has 2 aromatic carbocycles. The number of fused-ring (bicyclic) bond motifs is 1. The Hall–Kier alpha value is -2.80. The van der Waals surface area contributed by atoms with Crippen molar-refractivity contribution in [2.24, 2.45) is 0 Å². The maximum absolute atomic E-state index is 5.41.